The molecule has 0 saturated carbocycles. The number of thiol groups is 1. The average molecular weight is 259 g/mol. The number of guanidine groups is 1. The number of aliphatic imine (C=N–C) groups is 2. The molecule has 0 aliphatic carbocycles. The van der Waals surface area contributed by atoms with Crippen molar-refractivity contribution in [2.45, 2.75) is 33.1 Å². The molecular weight excluding hydrogens is 238 g/mol. The third-order valence-corrected chi connectivity index (χ3v) is 2.68. The van der Waals surface area contributed by atoms with Crippen LogP contribution in [0.1, 0.15) is 20.8 Å². The third kappa shape index (κ3) is 4.53. The molecule has 1 heterocycles. The van der Waals surface area contributed by atoms with Gasteiger partial charge in [-0.2, -0.15) is 4.99 Å². The Morgan fingerprint density at radius 3 is 2.94 bits per heavy atom. The molecule has 0 radical (unpaired) electrons. The van der Waals surface area contributed by atoms with Crippen LogP contribution >= 0.6 is 12.8 Å². The number of amidine groups is 1. The monoisotopic (exact) mass is 259 g/mol. The van der Waals surface area contributed by atoms with E-state index in [1.54, 1.807) is 11.4 Å². The molecule has 1 rings (SSSR count). The lowest BCUT2D eigenvalue weighted by Gasteiger charge is -2.34. The van der Waals surface area contributed by atoms with Crippen molar-refractivity contribution >= 4 is 24.6 Å². The van der Waals surface area contributed by atoms with Gasteiger partial charge in [0, 0.05) is 13.2 Å². The first-order valence-electron chi connectivity index (χ1n) is 5.64. The lowest BCUT2D eigenvalue weighted by atomic mass is 10.4. The fourth-order valence-electron chi connectivity index (χ4n) is 1.36. The van der Waals surface area contributed by atoms with Crippen molar-refractivity contribution in [1.82, 2.24) is 14.9 Å². The molecule has 0 bridgehead atoms. The molecule has 1 atom stereocenters. The normalized spacial score (nSPS) is 22.9. The van der Waals surface area contributed by atoms with E-state index in [1.807, 2.05) is 6.92 Å². The van der Waals surface area contributed by atoms with Crippen LogP contribution in [0.5, 0.6) is 0 Å². The maximum atomic E-state index is 4.95. The molecule has 0 aromatic carbocycles. The van der Waals surface area contributed by atoms with Crippen molar-refractivity contribution in [1.29, 1.82) is 0 Å². The Labute approximate surface area is 108 Å². The van der Waals surface area contributed by atoms with Crippen molar-refractivity contribution in [2.75, 3.05) is 20.3 Å². The van der Waals surface area contributed by atoms with E-state index < -0.39 is 0 Å². The van der Waals surface area contributed by atoms with E-state index in [1.165, 1.54) is 0 Å². The second-order valence-corrected chi connectivity index (χ2v) is 4.50. The molecule has 0 fully saturated rings. The van der Waals surface area contributed by atoms with Gasteiger partial charge in [0.1, 0.15) is 5.84 Å². The number of nitrogens with one attached hydrogen (secondary N) is 2. The summed E-state index contributed by atoms with van der Waals surface area (Å²) in [5.74, 6) is 1.42. The molecular formula is C10H21N5OS. The molecule has 0 aromatic rings. The zero-order valence-electron chi connectivity index (χ0n) is 10.8. The Morgan fingerprint density at radius 2 is 2.35 bits per heavy atom. The van der Waals surface area contributed by atoms with Crippen LogP contribution in [0.25, 0.3) is 0 Å². The molecule has 0 saturated heterocycles. The van der Waals surface area contributed by atoms with E-state index in [9.17, 15) is 0 Å². The van der Waals surface area contributed by atoms with Crippen LogP contribution in [0.4, 0.5) is 0 Å². The van der Waals surface area contributed by atoms with Crippen LogP contribution in [0.15, 0.2) is 9.98 Å². The summed E-state index contributed by atoms with van der Waals surface area (Å²) in [4.78, 5) is 8.61. The molecule has 1 unspecified atom stereocenters. The molecule has 0 amide bonds. The third-order valence-electron chi connectivity index (χ3n) is 2.16. The Bertz CT molecular complexity index is 305. The molecule has 2 N–H and O–H groups in total. The lowest BCUT2D eigenvalue weighted by Crippen LogP contribution is -2.59. The summed E-state index contributed by atoms with van der Waals surface area (Å²) >= 11 is 4.37. The quantitative estimate of drug-likeness (QED) is 0.495. The Balaban J connectivity index is 2.67. The van der Waals surface area contributed by atoms with Gasteiger partial charge in [-0.05, 0) is 20.8 Å². The zero-order valence-corrected chi connectivity index (χ0v) is 11.7. The number of nitrogens with zero attached hydrogens (tertiary/aromatic N) is 3. The van der Waals surface area contributed by atoms with E-state index >= 15 is 0 Å². The first-order chi connectivity index (χ1) is 8.04. The SMILES string of the molecule is COCCN=C1N=C(C)N(S)C(NC(C)C)N1. The van der Waals surface area contributed by atoms with Gasteiger partial charge in [0.05, 0.1) is 13.2 Å². The van der Waals surface area contributed by atoms with E-state index in [4.69, 9.17) is 4.74 Å². The van der Waals surface area contributed by atoms with Crippen LogP contribution in [0.3, 0.4) is 0 Å². The number of hydrogen-bond donors (Lipinski definition) is 3. The molecule has 1 aliphatic rings. The van der Waals surface area contributed by atoms with Gasteiger partial charge in [-0.15, -0.1) is 0 Å². The first kappa shape index (κ1) is 14.3. The van der Waals surface area contributed by atoms with E-state index in [-0.39, 0.29) is 6.29 Å². The average Bonchev–Trinajstić information content (AvgIpc) is 2.25. The summed E-state index contributed by atoms with van der Waals surface area (Å²) in [6.45, 7) is 7.23. The summed E-state index contributed by atoms with van der Waals surface area (Å²) in [6, 6.07) is 0.341. The molecule has 0 aromatic heterocycles. The summed E-state index contributed by atoms with van der Waals surface area (Å²) in [5, 5.41) is 6.50. The Kier molecular flexibility index (Phi) is 5.73. The van der Waals surface area contributed by atoms with Crippen LogP contribution in [0, 0.1) is 0 Å². The topological polar surface area (TPSA) is 61.3 Å². The van der Waals surface area contributed by atoms with Crippen LogP contribution in [0.2, 0.25) is 0 Å². The van der Waals surface area contributed by atoms with Gasteiger partial charge in [-0.1, -0.05) is 12.8 Å². The number of hydrogen-bond acceptors (Lipinski definition) is 5. The van der Waals surface area contributed by atoms with Gasteiger partial charge in [0.15, 0.2) is 6.29 Å². The maximum Gasteiger partial charge on any atom is 0.222 e. The van der Waals surface area contributed by atoms with Crippen molar-refractivity contribution in [3.63, 3.8) is 0 Å². The summed E-state index contributed by atoms with van der Waals surface area (Å²) in [7, 11) is 1.65. The highest BCUT2D eigenvalue weighted by Crippen LogP contribution is 2.07. The minimum Gasteiger partial charge on any atom is -0.383 e. The highest BCUT2D eigenvalue weighted by molar-refractivity contribution is 7.78. The predicted octanol–water partition coefficient (Wildman–Crippen LogP) is 0.439. The van der Waals surface area contributed by atoms with Crippen LogP contribution < -0.4 is 10.6 Å². The first-order valence-corrected chi connectivity index (χ1v) is 6.04. The Hall–Kier alpha value is -0.790. The second-order valence-electron chi connectivity index (χ2n) is 4.07. The molecule has 1 aliphatic heterocycles. The van der Waals surface area contributed by atoms with Gasteiger partial charge in [-0.3, -0.25) is 9.62 Å². The largest absolute Gasteiger partial charge is 0.383 e. The van der Waals surface area contributed by atoms with E-state index in [0.29, 0.717) is 25.2 Å². The van der Waals surface area contributed by atoms with Gasteiger partial charge in [0.2, 0.25) is 5.96 Å². The summed E-state index contributed by atoms with van der Waals surface area (Å²) in [6.07, 6.45) is -0.0999. The molecule has 0 spiro atoms. The van der Waals surface area contributed by atoms with Crippen LogP contribution in [-0.2, 0) is 4.74 Å². The van der Waals surface area contributed by atoms with Gasteiger partial charge in [-0.25, -0.2) is 4.99 Å². The number of rotatable bonds is 5. The van der Waals surface area contributed by atoms with Crippen molar-refractivity contribution < 1.29 is 4.74 Å². The minimum absolute atomic E-state index is 0.0999. The minimum atomic E-state index is -0.0999. The zero-order chi connectivity index (χ0) is 12.8. The smallest absolute Gasteiger partial charge is 0.222 e. The Morgan fingerprint density at radius 1 is 1.65 bits per heavy atom. The molecule has 17 heavy (non-hydrogen) atoms. The number of ether oxygens (including phenoxy) is 1. The summed E-state index contributed by atoms with van der Waals surface area (Å²) < 4.78 is 6.69. The van der Waals surface area contributed by atoms with Gasteiger partial charge < -0.3 is 10.1 Å². The predicted molar refractivity (Wildman–Crippen MR) is 73.3 cm³/mol. The van der Waals surface area contributed by atoms with Crippen LogP contribution in [-0.4, -0.2) is 48.7 Å². The van der Waals surface area contributed by atoms with Crippen molar-refractivity contribution in [3.05, 3.63) is 0 Å². The number of methoxy groups -OCH3 is 1. The van der Waals surface area contributed by atoms with Crippen molar-refractivity contribution in [2.24, 2.45) is 9.98 Å². The van der Waals surface area contributed by atoms with Gasteiger partial charge >= 0.3 is 0 Å². The highest BCUT2D eigenvalue weighted by atomic mass is 32.1. The standard InChI is InChI=1S/C10H21N5OS/c1-7(2)12-10-14-9(11-5-6-16-4)13-8(3)15(10)17/h7,10,12,17H,5-6H2,1-4H3,(H,11,14). The molecule has 7 heteroatoms. The summed E-state index contributed by atoms with van der Waals surface area (Å²) in [5.41, 5.74) is 0. The van der Waals surface area contributed by atoms with Gasteiger partial charge in [0.25, 0.3) is 0 Å². The second kappa shape index (κ2) is 6.83. The fraction of sp³-hybridized carbons (Fsp3) is 0.800. The highest BCUT2D eigenvalue weighted by Gasteiger charge is 2.23. The fourth-order valence-corrected chi connectivity index (χ4v) is 1.53. The van der Waals surface area contributed by atoms with E-state index in [2.05, 4.69) is 47.3 Å². The molecule has 6 nitrogen and oxygen atoms in total. The molecule has 98 valence electrons. The maximum absolute atomic E-state index is 4.95. The van der Waals surface area contributed by atoms with E-state index in [0.717, 1.165) is 5.84 Å². The van der Waals surface area contributed by atoms with Crippen molar-refractivity contribution in [3.8, 4) is 0 Å². The lowest BCUT2D eigenvalue weighted by molar-refractivity contribution is 0.207.